The van der Waals surface area contributed by atoms with Crippen molar-refractivity contribution in [3.05, 3.63) is 109 Å². The summed E-state index contributed by atoms with van der Waals surface area (Å²) < 4.78 is 0. The van der Waals surface area contributed by atoms with Crippen molar-refractivity contribution in [3.8, 4) is 33.4 Å². The molecule has 0 saturated carbocycles. The van der Waals surface area contributed by atoms with Crippen LogP contribution in [0.3, 0.4) is 0 Å². The largest absolute Gasteiger partial charge is 0.0683 e. The third kappa shape index (κ3) is 4.54. The second-order valence-electron chi connectivity index (χ2n) is 6.40. The molecule has 0 aromatic heterocycles. The van der Waals surface area contributed by atoms with Gasteiger partial charge in [0.2, 0.25) is 0 Å². The van der Waals surface area contributed by atoms with Crippen LogP contribution in [0.25, 0.3) is 33.4 Å². The first kappa shape index (κ1) is 18.7. The maximum absolute atomic E-state index is 2.29. The van der Waals surface area contributed by atoms with Crippen molar-refractivity contribution < 1.29 is 0 Å². The lowest BCUT2D eigenvalue weighted by Gasteiger charge is -2.11. The number of hydrogen-bond acceptors (Lipinski definition) is 0. The van der Waals surface area contributed by atoms with Crippen molar-refractivity contribution in [1.82, 2.24) is 0 Å². The summed E-state index contributed by atoms with van der Waals surface area (Å²) in [6, 6.07) is 36.7. The molecule has 0 N–H and O–H groups in total. The highest BCUT2D eigenvalue weighted by Gasteiger charge is 2.07. The van der Waals surface area contributed by atoms with E-state index in [1.807, 2.05) is 13.8 Å². The second kappa shape index (κ2) is 9.00. The van der Waals surface area contributed by atoms with Crippen LogP contribution in [-0.4, -0.2) is 0 Å². The molecule has 0 heterocycles. The maximum atomic E-state index is 2.29. The van der Waals surface area contributed by atoms with Crippen LogP contribution in [0.2, 0.25) is 0 Å². The highest BCUT2D eigenvalue weighted by atomic mass is 14.1. The van der Waals surface area contributed by atoms with Gasteiger partial charge in [-0.2, -0.15) is 0 Å². The molecular formula is C27H26. The van der Waals surface area contributed by atoms with Crippen LogP contribution in [0.5, 0.6) is 0 Å². The van der Waals surface area contributed by atoms with Crippen LogP contribution in [0, 0.1) is 6.92 Å². The van der Waals surface area contributed by atoms with Gasteiger partial charge in [-0.05, 0) is 58.5 Å². The molecule has 134 valence electrons. The second-order valence-corrected chi connectivity index (χ2v) is 6.40. The van der Waals surface area contributed by atoms with Gasteiger partial charge in [0.15, 0.2) is 0 Å². The first-order valence-electron chi connectivity index (χ1n) is 9.62. The molecule has 0 nitrogen and oxygen atoms in total. The lowest BCUT2D eigenvalue weighted by molar-refractivity contribution is 1.46. The van der Waals surface area contributed by atoms with Crippen LogP contribution in [0.1, 0.15) is 19.4 Å². The Labute approximate surface area is 163 Å². The Bertz CT molecular complexity index is 925. The van der Waals surface area contributed by atoms with E-state index in [4.69, 9.17) is 0 Å². The van der Waals surface area contributed by atoms with E-state index in [-0.39, 0.29) is 0 Å². The summed E-state index contributed by atoms with van der Waals surface area (Å²) in [6.45, 7) is 6.14. The minimum absolute atomic E-state index is 1.24. The number of hydrogen-bond donors (Lipinski definition) is 0. The van der Waals surface area contributed by atoms with Gasteiger partial charge in [0.1, 0.15) is 0 Å². The molecule has 0 radical (unpaired) electrons. The fourth-order valence-electron chi connectivity index (χ4n) is 3.21. The van der Waals surface area contributed by atoms with Crippen LogP contribution in [0.4, 0.5) is 0 Å². The number of rotatable bonds is 3. The van der Waals surface area contributed by atoms with E-state index in [1.54, 1.807) is 0 Å². The zero-order valence-corrected chi connectivity index (χ0v) is 16.3. The molecule has 0 aliphatic rings. The molecule has 0 bridgehead atoms. The van der Waals surface area contributed by atoms with Gasteiger partial charge in [-0.1, -0.05) is 104 Å². The Morgan fingerprint density at radius 1 is 0.370 bits per heavy atom. The fourth-order valence-corrected chi connectivity index (χ4v) is 3.21. The molecular weight excluding hydrogens is 324 g/mol. The van der Waals surface area contributed by atoms with Gasteiger partial charge in [0.05, 0.1) is 0 Å². The lowest BCUT2D eigenvalue weighted by atomic mass is 9.93. The molecule has 4 rings (SSSR count). The SMILES string of the molecule is CC.Cc1cccc(-c2cc(-c3ccccc3)cc(-c3ccccc3)c2)c1. The smallest absolute Gasteiger partial charge is 0.0172 e. The average Bonchev–Trinajstić information content (AvgIpc) is 2.76. The standard InChI is InChI=1S/C25H20.C2H6/c1-19-9-8-14-22(15-19)25-17-23(20-10-4-2-5-11-20)16-24(18-25)21-12-6-3-7-13-21;1-2/h2-18H,1H3;1-2H3. The average molecular weight is 351 g/mol. The Kier molecular flexibility index (Phi) is 6.22. The fraction of sp³-hybridized carbons (Fsp3) is 0.111. The third-order valence-corrected chi connectivity index (χ3v) is 4.50. The zero-order chi connectivity index (χ0) is 19.1. The monoisotopic (exact) mass is 350 g/mol. The molecule has 0 spiro atoms. The van der Waals surface area contributed by atoms with Gasteiger partial charge in [0, 0.05) is 0 Å². The van der Waals surface area contributed by atoms with Gasteiger partial charge in [0.25, 0.3) is 0 Å². The van der Waals surface area contributed by atoms with Crippen molar-refractivity contribution in [1.29, 1.82) is 0 Å². The summed E-state index contributed by atoms with van der Waals surface area (Å²) >= 11 is 0. The summed E-state index contributed by atoms with van der Waals surface area (Å²) in [7, 11) is 0. The summed E-state index contributed by atoms with van der Waals surface area (Å²) in [5.74, 6) is 0. The molecule has 27 heavy (non-hydrogen) atoms. The molecule has 0 heteroatoms. The topological polar surface area (TPSA) is 0 Å². The van der Waals surface area contributed by atoms with Gasteiger partial charge < -0.3 is 0 Å². The molecule has 0 saturated heterocycles. The van der Waals surface area contributed by atoms with Gasteiger partial charge >= 0.3 is 0 Å². The quantitative estimate of drug-likeness (QED) is 0.351. The number of aryl methyl sites for hydroxylation is 1. The van der Waals surface area contributed by atoms with Crippen molar-refractivity contribution in [2.75, 3.05) is 0 Å². The highest BCUT2D eigenvalue weighted by Crippen LogP contribution is 2.33. The highest BCUT2D eigenvalue weighted by molar-refractivity contribution is 5.81. The van der Waals surface area contributed by atoms with Crippen molar-refractivity contribution >= 4 is 0 Å². The number of benzene rings is 4. The minimum Gasteiger partial charge on any atom is -0.0683 e. The lowest BCUT2D eigenvalue weighted by Crippen LogP contribution is -1.86. The van der Waals surface area contributed by atoms with E-state index in [9.17, 15) is 0 Å². The summed E-state index contributed by atoms with van der Waals surface area (Å²) in [6.07, 6.45) is 0. The molecule has 0 fully saturated rings. The van der Waals surface area contributed by atoms with Gasteiger partial charge in [-0.25, -0.2) is 0 Å². The van der Waals surface area contributed by atoms with Gasteiger partial charge in [-0.15, -0.1) is 0 Å². The predicted octanol–water partition coefficient (Wildman–Crippen LogP) is 8.02. The molecule has 0 amide bonds. The summed E-state index contributed by atoms with van der Waals surface area (Å²) in [4.78, 5) is 0. The van der Waals surface area contributed by atoms with Crippen molar-refractivity contribution in [3.63, 3.8) is 0 Å². The van der Waals surface area contributed by atoms with Crippen LogP contribution < -0.4 is 0 Å². The third-order valence-electron chi connectivity index (χ3n) is 4.50. The summed E-state index contributed by atoms with van der Waals surface area (Å²) in [5, 5.41) is 0. The molecule has 0 aliphatic heterocycles. The molecule has 0 atom stereocenters. The normalized spacial score (nSPS) is 10.0. The first-order valence-corrected chi connectivity index (χ1v) is 9.62. The van der Waals surface area contributed by atoms with E-state index in [2.05, 4.69) is 110 Å². The summed E-state index contributed by atoms with van der Waals surface area (Å²) in [5.41, 5.74) is 8.78. The van der Waals surface area contributed by atoms with E-state index < -0.39 is 0 Å². The Balaban J connectivity index is 0.00000102. The zero-order valence-electron chi connectivity index (χ0n) is 16.3. The molecule has 0 unspecified atom stereocenters. The van der Waals surface area contributed by atoms with Crippen LogP contribution in [0.15, 0.2) is 103 Å². The van der Waals surface area contributed by atoms with E-state index in [0.29, 0.717) is 0 Å². The van der Waals surface area contributed by atoms with E-state index in [0.717, 1.165) is 0 Å². The van der Waals surface area contributed by atoms with Gasteiger partial charge in [-0.3, -0.25) is 0 Å². The Hall–Kier alpha value is -3.12. The van der Waals surface area contributed by atoms with Crippen molar-refractivity contribution in [2.24, 2.45) is 0 Å². The molecule has 4 aromatic carbocycles. The predicted molar refractivity (Wildman–Crippen MR) is 119 cm³/mol. The van der Waals surface area contributed by atoms with Crippen LogP contribution in [-0.2, 0) is 0 Å². The Morgan fingerprint density at radius 2 is 0.778 bits per heavy atom. The van der Waals surface area contributed by atoms with E-state index in [1.165, 1.54) is 38.9 Å². The molecule has 4 aromatic rings. The minimum atomic E-state index is 1.24. The first-order chi connectivity index (χ1) is 13.3. The maximum Gasteiger partial charge on any atom is -0.0172 e. The van der Waals surface area contributed by atoms with Crippen molar-refractivity contribution in [2.45, 2.75) is 20.8 Å². The van der Waals surface area contributed by atoms with Crippen LogP contribution >= 0.6 is 0 Å². The van der Waals surface area contributed by atoms with E-state index >= 15 is 0 Å². The molecule has 0 aliphatic carbocycles. The Morgan fingerprint density at radius 3 is 1.22 bits per heavy atom.